The summed E-state index contributed by atoms with van der Waals surface area (Å²) in [6, 6.07) is 13.3. The van der Waals surface area contributed by atoms with Gasteiger partial charge in [-0.05, 0) is 55.9 Å². The second kappa shape index (κ2) is 16.0. The third kappa shape index (κ3) is 11.2. The Morgan fingerprint density at radius 3 is 1.55 bits per heavy atom. The van der Waals surface area contributed by atoms with Gasteiger partial charge in [0.25, 0.3) is 0 Å². The van der Waals surface area contributed by atoms with Crippen molar-refractivity contribution in [1.82, 2.24) is 9.03 Å². The summed E-state index contributed by atoms with van der Waals surface area (Å²) in [4.78, 5) is 0.628. The van der Waals surface area contributed by atoms with Gasteiger partial charge in [0.1, 0.15) is 0 Å². The molecule has 4 atom stereocenters. The maximum Gasteiger partial charge on any atom is 0.243 e. The van der Waals surface area contributed by atoms with Crippen LogP contribution in [0.1, 0.15) is 52.7 Å². The maximum atomic E-state index is 12.1. The van der Waals surface area contributed by atoms with Crippen LogP contribution < -0.4 is 10.5 Å². The zero-order valence-electron chi connectivity index (χ0n) is 25.1. The molecule has 0 bridgehead atoms. The van der Waals surface area contributed by atoms with Crippen LogP contribution in [0.15, 0.2) is 58.3 Å². The van der Waals surface area contributed by atoms with Gasteiger partial charge in [0.15, 0.2) is 0 Å². The Morgan fingerprint density at radius 1 is 0.800 bits per heavy atom. The number of nitrogens with two attached hydrogens (primary N) is 1. The van der Waals surface area contributed by atoms with Crippen molar-refractivity contribution in [3.8, 4) is 0 Å². The van der Waals surface area contributed by atoms with Crippen LogP contribution in [-0.2, 0) is 20.0 Å². The predicted molar refractivity (Wildman–Crippen MR) is 161 cm³/mol. The van der Waals surface area contributed by atoms with Gasteiger partial charge < -0.3 is 15.9 Å². The summed E-state index contributed by atoms with van der Waals surface area (Å²) in [5.74, 6) is 0.824. The topological polar surface area (TPSA) is 150 Å². The third-order valence-corrected chi connectivity index (χ3v) is 10.1. The van der Waals surface area contributed by atoms with Crippen molar-refractivity contribution in [2.45, 2.75) is 83.3 Å². The molecule has 9 nitrogen and oxygen atoms in total. The quantitative estimate of drug-likeness (QED) is 0.306. The van der Waals surface area contributed by atoms with Crippen molar-refractivity contribution in [3.05, 3.63) is 59.7 Å². The molecule has 1 saturated heterocycles. The van der Waals surface area contributed by atoms with Crippen molar-refractivity contribution in [2.75, 3.05) is 19.8 Å². The third-order valence-electron chi connectivity index (χ3n) is 6.71. The van der Waals surface area contributed by atoms with Crippen molar-refractivity contribution in [3.63, 3.8) is 0 Å². The summed E-state index contributed by atoms with van der Waals surface area (Å²) < 4.78 is 52.4. The molecule has 11 heteroatoms. The van der Waals surface area contributed by atoms with Gasteiger partial charge in [0.05, 0.1) is 23.0 Å². The smallest absolute Gasteiger partial charge is 0.243 e. The Kier molecular flexibility index (Phi) is 14.4. The number of benzene rings is 2. The van der Waals surface area contributed by atoms with E-state index in [4.69, 9.17) is 15.9 Å². The molecule has 1 heterocycles. The van der Waals surface area contributed by atoms with Crippen LogP contribution in [0, 0.1) is 31.6 Å². The lowest BCUT2D eigenvalue weighted by Gasteiger charge is -2.19. The number of aliphatic hydroxyl groups is 2. The first kappa shape index (κ1) is 36.2. The summed E-state index contributed by atoms with van der Waals surface area (Å²) in [5.41, 5.74) is 7.45. The molecular formula is C29H49N3O6S2. The van der Waals surface area contributed by atoms with Crippen molar-refractivity contribution in [1.29, 1.82) is 0 Å². The average Bonchev–Trinajstić information content (AvgIpc) is 3.70. The number of sulfonamides is 2. The average molecular weight is 600 g/mol. The van der Waals surface area contributed by atoms with E-state index in [0.29, 0.717) is 23.3 Å². The van der Waals surface area contributed by atoms with Crippen LogP contribution in [0.3, 0.4) is 0 Å². The molecule has 228 valence electrons. The van der Waals surface area contributed by atoms with E-state index in [1.54, 1.807) is 40.7 Å². The Morgan fingerprint density at radius 2 is 1.25 bits per heavy atom. The van der Waals surface area contributed by atoms with Crippen LogP contribution in [0.2, 0.25) is 0 Å². The Balaban J connectivity index is 0.000000326. The number of hydrogen-bond acceptors (Lipinski definition) is 7. The Labute approximate surface area is 241 Å². The standard InChI is InChI=1S/C12H19NO3S.C12H17NO2S.C5H13NO/c1-9(2)12(8-14)13-17(15,16)11-6-4-10(3)5-7-11;1-9(2)12-8-13(12)16(14,15)11-6-4-10(3)5-7-11;1-4(2)5(6)3-7/h4-7,9,12-14H,8H2,1-3H3;4-7,9,12H,8H2,1-3H3;4-5,7H,3,6H2,1-2H3/t12-;12-,13?;5-/m000/s1. The second-order valence-electron chi connectivity index (χ2n) is 11.3. The van der Waals surface area contributed by atoms with Gasteiger partial charge in [0.2, 0.25) is 20.0 Å². The van der Waals surface area contributed by atoms with Gasteiger partial charge >= 0.3 is 0 Å². The predicted octanol–water partition coefficient (Wildman–Crippen LogP) is 3.28. The fraction of sp³-hybridized carbons (Fsp3) is 0.586. The molecule has 2 aromatic carbocycles. The molecule has 40 heavy (non-hydrogen) atoms. The summed E-state index contributed by atoms with van der Waals surface area (Å²) in [7, 11) is -6.79. The first-order chi connectivity index (χ1) is 18.5. The fourth-order valence-corrected chi connectivity index (χ4v) is 6.46. The molecule has 1 unspecified atom stereocenters. The number of nitrogens with zero attached hydrogens (tertiary/aromatic N) is 1. The summed E-state index contributed by atoms with van der Waals surface area (Å²) >= 11 is 0. The van der Waals surface area contributed by atoms with Gasteiger partial charge in [-0.1, -0.05) is 76.9 Å². The SMILES string of the molecule is CC(C)[C@@H](N)CO.Cc1ccc(S(=O)(=O)N2C[C@H]2C(C)C)cc1.Cc1ccc(S(=O)(=O)N[C@@H](CO)C(C)C)cc1. The van der Waals surface area contributed by atoms with Gasteiger partial charge in [-0.3, -0.25) is 0 Å². The highest BCUT2D eigenvalue weighted by molar-refractivity contribution is 7.89. The molecule has 0 radical (unpaired) electrons. The Hall–Kier alpha value is -1.86. The molecule has 0 aromatic heterocycles. The van der Waals surface area contributed by atoms with Crippen LogP contribution >= 0.6 is 0 Å². The van der Waals surface area contributed by atoms with E-state index in [0.717, 1.165) is 11.1 Å². The number of rotatable bonds is 10. The van der Waals surface area contributed by atoms with E-state index in [2.05, 4.69) is 18.6 Å². The fourth-order valence-electron chi connectivity index (χ4n) is 3.38. The number of nitrogens with one attached hydrogen (secondary N) is 1. The van der Waals surface area contributed by atoms with Crippen LogP contribution in [0.4, 0.5) is 0 Å². The van der Waals surface area contributed by atoms with Gasteiger partial charge in [0, 0.05) is 24.7 Å². The minimum atomic E-state index is -3.54. The molecule has 0 saturated carbocycles. The largest absolute Gasteiger partial charge is 0.395 e. The lowest BCUT2D eigenvalue weighted by Crippen LogP contribution is -2.41. The maximum absolute atomic E-state index is 12.1. The minimum Gasteiger partial charge on any atom is -0.395 e. The Bertz CT molecular complexity index is 1230. The van der Waals surface area contributed by atoms with Crippen LogP contribution in [0.25, 0.3) is 0 Å². The minimum absolute atomic E-state index is 0.0417. The first-order valence-electron chi connectivity index (χ1n) is 13.6. The number of hydrogen-bond donors (Lipinski definition) is 4. The monoisotopic (exact) mass is 599 g/mol. The molecule has 0 spiro atoms. The van der Waals surface area contributed by atoms with Crippen LogP contribution in [-0.4, -0.2) is 69.2 Å². The van der Waals surface area contributed by atoms with Crippen LogP contribution in [0.5, 0.6) is 0 Å². The molecule has 1 aliphatic heterocycles. The van der Waals surface area contributed by atoms with Crippen molar-refractivity contribution >= 4 is 20.0 Å². The lowest BCUT2D eigenvalue weighted by atomic mass is 10.1. The second-order valence-corrected chi connectivity index (χ2v) is 14.9. The summed E-state index contributed by atoms with van der Waals surface area (Å²) in [6.45, 7) is 16.2. The van der Waals surface area contributed by atoms with Gasteiger partial charge in [-0.25, -0.2) is 21.6 Å². The molecular weight excluding hydrogens is 550 g/mol. The molecule has 5 N–H and O–H groups in total. The summed E-state index contributed by atoms with van der Waals surface area (Å²) in [6.07, 6.45) is 0. The highest BCUT2D eigenvalue weighted by Crippen LogP contribution is 2.32. The van der Waals surface area contributed by atoms with Crippen molar-refractivity contribution in [2.24, 2.45) is 23.5 Å². The highest BCUT2D eigenvalue weighted by Gasteiger charge is 2.45. The molecule has 0 aliphatic carbocycles. The van der Waals surface area contributed by atoms with E-state index < -0.39 is 26.1 Å². The number of aryl methyl sites for hydroxylation is 2. The van der Waals surface area contributed by atoms with Gasteiger partial charge in [-0.2, -0.15) is 4.31 Å². The lowest BCUT2D eigenvalue weighted by molar-refractivity contribution is 0.227. The van der Waals surface area contributed by atoms with E-state index in [9.17, 15) is 16.8 Å². The first-order valence-corrected chi connectivity index (χ1v) is 16.5. The molecule has 0 amide bonds. The zero-order chi connectivity index (χ0) is 30.8. The van der Waals surface area contributed by atoms with E-state index in [-0.39, 0.29) is 36.1 Å². The summed E-state index contributed by atoms with van der Waals surface area (Å²) in [5, 5.41) is 17.5. The van der Waals surface area contributed by atoms with Crippen molar-refractivity contribution < 1.29 is 27.0 Å². The molecule has 1 fully saturated rings. The van der Waals surface area contributed by atoms with Gasteiger partial charge in [-0.15, -0.1) is 0 Å². The molecule has 1 aliphatic rings. The van der Waals surface area contributed by atoms with E-state index in [1.807, 2.05) is 53.7 Å². The van der Waals surface area contributed by atoms with E-state index in [1.165, 1.54) is 0 Å². The number of aliphatic hydroxyl groups excluding tert-OH is 2. The zero-order valence-corrected chi connectivity index (χ0v) is 26.7. The van der Waals surface area contributed by atoms with E-state index >= 15 is 0 Å². The highest BCUT2D eigenvalue weighted by atomic mass is 32.2. The normalized spacial score (nSPS) is 18.4. The molecule has 3 rings (SSSR count). The molecule has 2 aromatic rings.